The van der Waals surface area contributed by atoms with Crippen LogP contribution in [-0.4, -0.2) is 12.6 Å². The predicted octanol–water partition coefficient (Wildman–Crippen LogP) is 2.45. The van der Waals surface area contributed by atoms with Crippen molar-refractivity contribution in [3.8, 4) is 0 Å². The highest BCUT2D eigenvalue weighted by atomic mass is 16.2. The zero-order chi connectivity index (χ0) is 11.8. The number of rotatable bonds is 4. The molecule has 1 rings (SSSR count). The van der Waals surface area contributed by atoms with Crippen LogP contribution in [0.1, 0.15) is 11.1 Å². The molecule has 0 aromatic heterocycles. The van der Waals surface area contributed by atoms with Gasteiger partial charge >= 0.3 is 6.03 Å². The fourth-order valence-corrected chi connectivity index (χ4v) is 1.20. The maximum atomic E-state index is 11.2. The van der Waals surface area contributed by atoms with Gasteiger partial charge in [0.05, 0.1) is 0 Å². The number of carbonyl (C=O) groups excluding carboxylic acids is 1. The Morgan fingerprint density at radius 3 is 2.88 bits per heavy atom. The molecular formula is C13H16N2O. The van der Waals surface area contributed by atoms with Crippen molar-refractivity contribution in [1.29, 1.82) is 0 Å². The smallest absolute Gasteiger partial charge is 0.319 e. The van der Waals surface area contributed by atoms with Crippen molar-refractivity contribution in [2.45, 2.75) is 6.92 Å². The van der Waals surface area contributed by atoms with Crippen LogP contribution in [-0.2, 0) is 0 Å². The highest BCUT2D eigenvalue weighted by Crippen LogP contribution is 2.07. The number of benzene rings is 1. The Kier molecular flexibility index (Phi) is 4.86. The zero-order valence-corrected chi connectivity index (χ0v) is 9.36. The van der Waals surface area contributed by atoms with Crippen LogP contribution in [0.5, 0.6) is 0 Å². The van der Waals surface area contributed by atoms with Crippen molar-refractivity contribution in [1.82, 2.24) is 10.6 Å². The minimum atomic E-state index is -0.232. The summed E-state index contributed by atoms with van der Waals surface area (Å²) in [4.78, 5) is 11.2. The minimum Gasteiger partial charge on any atom is -0.334 e. The number of urea groups is 1. The molecule has 0 aliphatic rings. The molecule has 1 aromatic rings. The van der Waals surface area contributed by atoms with Gasteiger partial charge in [0.25, 0.3) is 0 Å². The Bertz CT molecular complexity index is 397. The second-order valence-corrected chi connectivity index (χ2v) is 3.33. The number of amides is 2. The predicted molar refractivity (Wildman–Crippen MR) is 66.9 cm³/mol. The Balaban J connectivity index is 2.46. The van der Waals surface area contributed by atoms with Gasteiger partial charge in [0, 0.05) is 12.7 Å². The van der Waals surface area contributed by atoms with E-state index in [1.807, 2.05) is 37.3 Å². The molecule has 3 heteroatoms. The van der Waals surface area contributed by atoms with E-state index >= 15 is 0 Å². The van der Waals surface area contributed by atoms with Gasteiger partial charge in [0.15, 0.2) is 0 Å². The molecule has 0 radical (unpaired) electrons. The molecule has 0 aliphatic carbocycles. The second-order valence-electron chi connectivity index (χ2n) is 3.33. The van der Waals surface area contributed by atoms with Crippen LogP contribution >= 0.6 is 0 Å². The molecule has 0 saturated heterocycles. The van der Waals surface area contributed by atoms with E-state index in [2.05, 4.69) is 17.2 Å². The van der Waals surface area contributed by atoms with Gasteiger partial charge in [0.2, 0.25) is 0 Å². The van der Waals surface area contributed by atoms with Crippen molar-refractivity contribution < 1.29 is 4.79 Å². The molecule has 0 aliphatic heterocycles. The normalized spacial score (nSPS) is 10.1. The largest absolute Gasteiger partial charge is 0.334 e. The molecule has 2 N–H and O–H groups in total. The molecule has 0 bridgehead atoms. The van der Waals surface area contributed by atoms with Crippen molar-refractivity contribution >= 4 is 12.1 Å². The fraction of sp³-hybridized carbons (Fsp3) is 0.154. The lowest BCUT2D eigenvalue weighted by Crippen LogP contribution is -2.31. The fourth-order valence-electron chi connectivity index (χ4n) is 1.20. The Hall–Kier alpha value is -2.03. The third kappa shape index (κ3) is 4.00. The first-order chi connectivity index (χ1) is 7.74. The summed E-state index contributed by atoms with van der Waals surface area (Å²) in [6.45, 7) is 6.00. The number of carbonyl (C=O) groups is 1. The molecule has 1 aromatic carbocycles. The van der Waals surface area contributed by atoms with Crippen molar-refractivity contribution in [2.75, 3.05) is 6.54 Å². The third-order valence-corrected chi connectivity index (χ3v) is 2.07. The average molecular weight is 216 g/mol. The lowest BCUT2D eigenvalue weighted by Gasteiger charge is -2.01. The highest BCUT2D eigenvalue weighted by molar-refractivity contribution is 5.76. The first-order valence-corrected chi connectivity index (χ1v) is 5.11. The van der Waals surface area contributed by atoms with Crippen LogP contribution in [0.2, 0.25) is 0 Å². The quantitative estimate of drug-likeness (QED) is 0.746. The van der Waals surface area contributed by atoms with Crippen LogP contribution in [0, 0.1) is 6.92 Å². The van der Waals surface area contributed by atoms with Crippen LogP contribution < -0.4 is 10.6 Å². The summed E-state index contributed by atoms with van der Waals surface area (Å²) < 4.78 is 0. The van der Waals surface area contributed by atoms with E-state index < -0.39 is 0 Å². The second kappa shape index (κ2) is 6.45. The summed E-state index contributed by atoms with van der Waals surface area (Å²) >= 11 is 0. The zero-order valence-electron chi connectivity index (χ0n) is 9.36. The summed E-state index contributed by atoms with van der Waals surface area (Å²) in [6, 6.07) is 7.73. The van der Waals surface area contributed by atoms with Crippen LogP contribution in [0.15, 0.2) is 43.1 Å². The monoisotopic (exact) mass is 216 g/mol. The Morgan fingerprint density at radius 2 is 2.19 bits per heavy atom. The summed E-state index contributed by atoms with van der Waals surface area (Å²) in [5.74, 6) is 0. The van der Waals surface area contributed by atoms with Gasteiger partial charge < -0.3 is 10.6 Å². The Labute approximate surface area is 95.9 Å². The molecule has 3 nitrogen and oxygen atoms in total. The summed E-state index contributed by atoms with van der Waals surface area (Å²) in [5.41, 5.74) is 2.26. The van der Waals surface area contributed by atoms with Crippen LogP contribution in [0.4, 0.5) is 4.79 Å². The van der Waals surface area contributed by atoms with Crippen molar-refractivity contribution in [3.05, 3.63) is 54.2 Å². The first-order valence-electron chi connectivity index (χ1n) is 5.11. The van der Waals surface area contributed by atoms with Gasteiger partial charge in [-0.2, -0.15) is 0 Å². The number of nitrogens with one attached hydrogen (secondary N) is 2. The molecule has 0 saturated carbocycles. The molecule has 84 valence electrons. The average Bonchev–Trinajstić information content (AvgIpc) is 2.29. The number of hydrogen-bond acceptors (Lipinski definition) is 1. The number of hydrogen-bond donors (Lipinski definition) is 2. The van der Waals surface area contributed by atoms with Gasteiger partial charge in [-0.3, -0.25) is 0 Å². The molecule has 0 spiro atoms. The molecule has 0 fully saturated rings. The molecule has 0 atom stereocenters. The van der Waals surface area contributed by atoms with E-state index in [0.717, 1.165) is 5.56 Å². The van der Waals surface area contributed by atoms with E-state index in [4.69, 9.17) is 0 Å². The SMILES string of the molecule is C=CCNC(=O)N/C=C/c1ccccc1C. The van der Waals surface area contributed by atoms with Gasteiger partial charge in [0.1, 0.15) is 0 Å². The molecule has 16 heavy (non-hydrogen) atoms. The summed E-state index contributed by atoms with van der Waals surface area (Å²) in [5, 5.41) is 5.23. The lowest BCUT2D eigenvalue weighted by molar-refractivity contribution is 0.245. The summed E-state index contributed by atoms with van der Waals surface area (Å²) in [7, 11) is 0. The molecule has 0 heterocycles. The van der Waals surface area contributed by atoms with E-state index in [1.165, 1.54) is 5.56 Å². The van der Waals surface area contributed by atoms with Crippen molar-refractivity contribution in [2.24, 2.45) is 0 Å². The van der Waals surface area contributed by atoms with Gasteiger partial charge in [-0.1, -0.05) is 30.3 Å². The maximum absolute atomic E-state index is 11.2. The molecule has 0 unspecified atom stereocenters. The third-order valence-electron chi connectivity index (χ3n) is 2.07. The van der Waals surface area contributed by atoms with Gasteiger partial charge in [-0.05, 0) is 24.1 Å². The Morgan fingerprint density at radius 1 is 1.44 bits per heavy atom. The maximum Gasteiger partial charge on any atom is 0.319 e. The van der Waals surface area contributed by atoms with E-state index in [-0.39, 0.29) is 6.03 Å². The lowest BCUT2D eigenvalue weighted by atomic mass is 10.1. The summed E-state index contributed by atoms with van der Waals surface area (Å²) in [6.07, 6.45) is 5.12. The first kappa shape index (κ1) is 12.0. The molecule has 2 amide bonds. The van der Waals surface area contributed by atoms with Crippen LogP contribution in [0.25, 0.3) is 6.08 Å². The van der Waals surface area contributed by atoms with E-state index in [1.54, 1.807) is 12.3 Å². The standard InChI is InChI=1S/C13H16N2O/c1-3-9-14-13(16)15-10-8-12-7-5-4-6-11(12)2/h3-8,10H,1,9H2,2H3,(H2,14,15,16)/b10-8+. The molecular weight excluding hydrogens is 200 g/mol. The topological polar surface area (TPSA) is 41.1 Å². The highest BCUT2D eigenvalue weighted by Gasteiger charge is 1.93. The number of aryl methyl sites for hydroxylation is 1. The van der Waals surface area contributed by atoms with Crippen molar-refractivity contribution in [3.63, 3.8) is 0 Å². The van der Waals surface area contributed by atoms with Crippen LogP contribution in [0.3, 0.4) is 0 Å². The van der Waals surface area contributed by atoms with Gasteiger partial charge in [-0.25, -0.2) is 4.79 Å². The van der Waals surface area contributed by atoms with E-state index in [9.17, 15) is 4.79 Å². The van der Waals surface area contributed by atoms with E-state index in [0.29, 0.717) is 6.54 Å². The minimum absolute atomic E-state index is 0.232. The van der Waals surface area contributed by atoms with Gasteiger partial charge in [-0.15, -0.1) is 6.58 Å².